The van der Waals surface area contributed by atoms with Gasteiger partial charge in [-0.3, -0.25) is 0 Å². The summed E-state index contributed by atoms with van der Waals surface area (Å²) in [6.45, 7) is 2.25. The fourth-order valence-electron chi connectivity index (χ4n) is 2.16. The molecule has 2 N–H and O–H groups in total. The zero-order valence-electron chi connectivity index (χ0n) is 8.57. The summed E-state index contributed by atoms with van der Waals surface area (Å²) in [6.07, 6.45) is 5.77. The first-order valence-corrected chi connectivity index (χ1v) is 5.04. The quantitative estimate of drug-likeness (QED) is 0.744. The number of aryl methyl sites for hydroxylation is 1. The van der Waals surface area contributed by atoms with E-state index in [1.807, 2.05) is 19.4 Å². The molecule has 1 aliphatic heterocycles. The van der Waals surface area contributed by atoms with Gasteiger partial charge in [0.15, 0.2) is 0 Å². The molecule has 1 aliphatic rings. The van der Waals surface area contributed by atoms with Crippen LogP contribution in [0.15, 0.2) is 12.4 Å². The summed E-state index contributed by atoms with van der Waals surface area (Å²) in [4.78, 5) is 4.41. The molecule has 1 aromatic rings. The van der Waals surface area contributed by atoms with Gasteiger partial charge in [-0.2, -0.15) is 0 Å². The van der Waals surface area contributed by atoms with Crippen LogP contribution >= 0.6 is 0 Å². The lowest BCUT2D eigenvalue weighted by molar-refractivity contribution is 0.0490. The van der Waals surface area contributed by atoms with Crippen LogP contribution in [0.25, 0.3) is 0 Å². The predicted molar refractivity (Wildman–Crippen MR) is 54.0 cm³/mol. The first-order valence-electron chi connectivity index (χ1n) is 5.04. The molecule has 0 saturated carbocycles. The van der Waals surface area contributed by atoms with Crippen LogP contribution in [0.3, 0.4) is 0 Å². The van der Waals surface area contributed by atoms with Gasteiger partial charge >= 0.3 is 0 Å². The van der Waals surface area contributed by atoms with Crippen molar-refractivity contribution in [1.82, 2.24) is 9.55 Å². The van der Waals surface area contributed by atoms with Crippen molar-refractivity contribution in [2.75, 3.05) is 19.8 Å². The van der Waals surface area contributed by atoms with Crippen LogP contribution < -0.4 is 5.73 Å². The Labute approximate surface area is 84.1 Å². The topological polar surface area (TPSA) is 53.1 Å². The summed E-state index contributed by atoms with van der Waals surface area (Å²) in [5, 5.41) is 0. The second-order valence-corrected chi connectivity index (χ2v) is 3.96. The number of ether oxygens (including phenoxy) is 1. The first-order chi connectivity index (χ1) is 6.78. The molecule has 1 aromatic heterocycles. The van der Waals surface area contributed by atoms with Crippen molar-refractivity contribution >= 4 is 0 Å². The van der Waals surface area contributed by atoms with Crippen molar-refractivity contribution in [2.24, 2.45) is 12.8 Å². The fraction of sp³-hybridized carbons (Fsp3) is 0.700. The van der Waals surface area contributed by atoms with E-state index >= 15 is 0 Å². The average molecular weight is 195 g/mol. The molecule has 0 aliphatic carbocycles. The Hall–Kier alpha value is -0.870. The van der Waals surface area contributed by atoms with E-state index in [4.69, 9.17) is 10.5 Å². The van der Waals surface area contributed by atoms with Gasteiger partial charge in [0.05, 0.1) is 0 Å². The molecule has 4 heteroatoms. The minimum absolute atomic E-state index is 0.0382. The molecule has 1 saturated heterocycles. The summed E-state index contributed by atoms with van der Waals surface area (Å²) in [5.74, 6) is 1.10. The van der Waals surface area contributed by atoms with Gasteiger partial charge in [0, 0.05) is 44.6 Å². The minimum atomic E-state index is 0.0382. The molecule has 0 amide bonds. The van der Waals surface area contributed by atoms with Crippen molar-refractivity contribution in [1.29, 1.82) is 0 Å². The average Bonchev–Trinajstić information content (AvgIpc) is 2.66. The van der Waals surface area contributed by atoms with E-state index in [-0.39, 0.29) is 5.41 Å². The largest absolute Gasteiger partial charge is 0.381 e. The number of hydrogen-bond donors (Lipinski definition) is 1. The highest BCUT2D eigenvalue weighted by Crippen LogP contribution is 2.32. The fourth-order valence-corrected chi connectivity index (χ4v) is 2.16. The van der Waals surface area contributed by atoms with Crippen LogP contribution in [0.2, 0.25) is 0 Å². The predicted octanol–water partition coefficient (Wildman–Crippen LogP) is 0.427. The zero-order chi connectivity index (χ0) is 10.0. The molecule has 2 rings (SSSR count). The Bertz CT molecular complexity index is 302. The Morgan fingerprint density at radius 1 is 1.57 bits per heavy atom. The summed E-state index contributed by atoms with van der Waals surface area (Å²) >= 11 is 0. The van der Waals surface area contributed by atoms with Crippen LogP contribution in [0.5, 0.6) is 0 Å². The van der Waals surface area contributed by atoms with E-state index < -0.39 is 0 Å². The molecule has 78 valence electrons. The van der Waals surface area contributed by atoms with E-state index in [2.05, 4.69) is 9.55 Å². The lowest BCUT2D eigenvalue weighted by atomic mass is 9.79. The molecule has 1 fully saturated rings. The number of nitrogens with zero attached hydrogens (tertiary/aromatic N) is 2. The lowest BCUT2D eigenvalue weighted by Crippen LogP contribution is -2.42. The van der Waals surface area contributed by atoms with Gasteiger partial charge in [0.25, 0.3) is 0 Å². The third-order valence-electron chi connectivity index (χ3n) is 3.14. The standard InChI is InChI=1S/C10H17N3O/c1-13-5-4-12-9(13)10(8-11)2-6-14-7-3-10/h4-5H,2-3,6-8,11H2,1H3. The van der Waals surface area contributed by atoms with E-state index in [0.717, 1.165) is 31.9 Å². The van der Waals surface area contributed by atoms with Gasteiger partial charge in [-0.05, 0) is 12.8 Å². The first kappa shape index (κ1) is 9.68. The van der Waals surface area contributed by atoms with Gasteiger partial charge in [-0.15, -0.1) is 0 Å². The molecule has 0 bridgehead atoms. The van der Waals surface area contributed by atoms with Gasteiger partial charge in [0.2, 0.25) is 0 Å². The highest BCUT2D eigenvalue weighted by atomic mass is 16.5. The molecule has 0 aromatic carbocycles. The van der Waals surface area contributed by atoms with Crippen LogP contribution in [-0.4, -0.2) is 29.3 Å². The highest BCUT2D eigenvalue weighted by molar-refractivity contribution is 5.12. The zero-order valence-corrected chi connectivity index (χ0v) is 8.57. The normalized spacial score (nSPS) is 21.0. The third kappa shape index (κ3) is 1.44. The summed E-state index contributed by atoms with van der Waals surface area (Å²) in [7, 11) is 2.02. The maximum atomic E-state index is 5.89. The van der Waals surface area contributed by atoms with E-state index in [1.54, 1.807) is 0 Å². The number of aromatic nitrogens is 2. The van der Waals surface area contributed by atoms with E-state index in [9.17, 15) is 0 Å². The lowest BCUT2D eigenvalue weighted by Gasteiger charge is -2.35. The molecule has 0 spiro atoms. The molecule has 14 heavy (non-hydrogen) atoms. The summed E-state index contributed by atoms with van der Waals surface area (Å²) in [6, 6.07) is 0. The van der Waals surface area contributed by atoms with Crippen molar-refractivity contribution in [3.05, 3.63) is 18.2 Å². The SMILES string of the molecule is Cn1ccnc1C1(CN)CCOCC1. The Morgan fingerprint density at radius 2 is 2.29 bits per heavy atom. The van der Waals surface area contributed by atoms with Crippen molar-refractivity contribution < 1.29 is 4.74 Å². The number of nitrogens with two attached hydrogens (primary N) is 1. The molecule has 0 atom stereocenters. The molecule has 0 radical (unpaired) electrons. The molecule has 4 nitrogen and oxygen atoms in total. The smallest absolute Gasteiger partial charge is 0.116 e. The van der Waals surface area contributed by atoms with E-state index in [0.29, 0.717) is 6.54 Å². The van der Waals surface area contributed by atoms with Crippen molar-refractivity contribution in [3.8, 4) is 0 Å². The minimum Gasteiger partial charge on any atom is -0.381 e. The van der Waals surface area contributed by atoms with E-state index in [1.165, 1.54) is 0 Å². The van der Waals surface area contributed by atoms with Gasteiger partial charge in [0.1, 0.15) is 5.82 Å². The Morgan fingerprint density at radius 3 is 2.79 bits per heavy atom. The Kier molecular flexibility index (Phi) is 2.56. The second-order valence-electron chi connectivity index (χ2n) is 3.96. The monoisotopic (exact) mass is 195 g/mol. The van der Waals surface area contributed by atoms with Crippen LogP contribution in [0, 0.1) is 0 Å². The number of rotatable bonds is 2. The number of imidazole rings is 1. The van der Waals surface area contributed by atoms with Gasteiger partial charge in [-0.25, -0.2) is 4.98 Å². The second kappa shape index (κ2) is 3.71. The van der Waals surface area contributed by atoms with Crippen molar-refractivity contribution in [2.45, 2.75) is 18.3 Å². The molecular weight excluding hydrogens is 178 g/mol. The molecule has 2 heterocycles. The molecule has 0 unspecified atom stereocenters. The summed E-state index contributed by atoms with van der Waals surface area (Å²) in [5.41, 5.74) is 5.93. The maximum absolute atomic E-state index is 5.89. The summed E-state index contributed by atoms with van der Waals surface area (Å²) < 4.78 is 7.44. The van der Waals surface area contributed by atoms with Gasteiger partial charge < -0.3 is 15.0 Å². The van der Waals surface area contributed by atoms with Gasteiger partial charge in [-0.1, -0.05) is 0 Å². The third-order valence-corrected chi connectivity index (χ3v) is 3.14. The van der Waals surface area contributed by atoms with Crippen molar-refractivity contribution in [3.63, 3.8) is 0 Å². The maximum Gasteiger partial charge on any atom is 0.116 e. The van der Waals surface area contributed by atoms with Crippen LogP contribution in [-0.2, 0) is 17.2 Å². The highest BCUT2D eigenvalue weighted by Gasteiger charge is 2.36. The van der Waals surface area contributed by atoms with Crippen LogP contribution in [0.4, 0.5) is 0 Å². The number of hydrogen-bond acceptors (Lipinski definition) is 3. The Balaban J connectivity index is 2.31. The molecular formula is C10H17N3O. The van der Waals surface area contributed by atoms with Crippen LogP contribution in [0.1, 0.15) is 18.7 Å².